The van der Waals surface area contributed by atoms with Gasteiger partial charge >= 0.3 is 0 Å². The summed E-state index contributed by atoms with van der Waals surface area (Å²) in [4.78, 5) is 9.36. The maximum Gasteiger partial charge on any atom is 0.136 e. The highest BCUT2D eigenvalue weighted by molar-refractivity contribution is 9.10. The predicted octanol–water partition coefficient (Wildman–Crippen LogP) is 3.55. The number of hydrogen-bond acceptors (Lipinski definition) is 3. The molecule has 0 radical (unpaired) electrons. The minimum atomic E-state index is 0.136. The molecule has 3 rings (SSSR count). The molecule has 0 amide bonds. The van der Waals surface area contributed by atoms with Crippen molar-refractivity contribution in [2.75, 3.05) is 13.6 Å². The van der Waals surface area contributed by atoms with Gasteiger partial charge in [-0.3, -0.25) is 0 Å². The van der Waals surface area contributed by atoms with E-state index in [0.29, 0.717) is 0 Å². The van der Waals surface area contributed by atoms with Gasteiger partial charge in [-0.25, -0.2) is 9.97 Å². The molecule has 1 aliphatic rings. The number of nitrogens with one attached hydrogen (secondary N) is 1. The summed E-state index contributed by atoms with van der Waals surface area (Å²) in [5.74, 6) is 0.982. The molecule has 1 aliphatic carbocycles. The van der Waals surface area contributed by atoms with Crippen LogP contribution in [0.1, 0.15) is 25.1 Å². The van der Waals surface area contributed by atoms with E-state index >= 15 is 0 Å². The van der Waals surface area contributed by atoms with Crippen molar-refractivity contribution in [2.45, 2.75) is 24.7 Å². The Bertz CT molecular complexity index is 608. The summed E-state index contributed by atoms with van der Waals surface area (Å²) in [7, 11) is 2.00. The van der Waals surface area contributed by atoms with Crippen molar-refractivity contribution < 1.29 is 0 Å². The van der Waals surface area contributed by atoms with Crippen LogP contribution in [0.25, 0.3) is 11.3 Å². The molecule has 0 spiro atoms. The topological polar surface area (TPSA) is 37.8 Å². The minimum Gasteiger partial charge on any atom is -0.319 e. The first kappa shape index (κ1) is 13.7. The SMILES string of the molecule is CNCC1(c2nccc(-c3cccc(Br)c3)n2)CCC1. The first-order valence-electron chi connectivity index (χ1n) is 6.98. The smallest absolute Gasteiger partial charge is 0.136 e. The molecule has 104 valence electrons. The molecular formula is C16H18BrN3. The Morgan fingerprint density at radius 2 is 2.15 bits per heavy atom. The van der Waals surface area contributed by atoms with Gasteiger partial charge in [0.15, 0.2) is 0 Å². The van der Waals surface area contributed by atoms with Crippen LogP contribution in [0.15, 0.2) is 41.0 Å². The lowest BCUT2D eigenvalue weighted by atomic mass is 9.68. The largest absolute Gasteiger partial charge is 0.319 e. The summed E-state index contributed by atoms with van der Waals surface area (Å²) in [6.07, 6.45) is 5.51. The molecule has 1 heterocycles. The second-order valence-corrected chi connectivity index (χ2v) is 6.36. The zero-order valence-electron chi connectivity index (χ0n) is 11.6. The van der Waals surface area contributed by atoms with Gasteiger partial charge in [-0.05, 0) is 38.1 Å². The van der Waals surface area contributed by atoms with Gasteiger partial charge in [-0.2, -0.15) is 0 Å². The number of halogens is 1. The van der Waals surface area contributed by atoms with Crippen molar-refractivity contribution in [1.29, 1.82) is 0 Å². The van der Waals surface area contributed by atoms with Gasteiger partial charge in [-0.1, -0.05) is 34.5 Å². The van der Waals surface area contributed by atoms with E-state index in [1.165, 1.54) is 19.3 Å². The monoisotopic (exact) mass is 331 g/mol. The lowest BCUT2D eigenvalue weighted by molar-refractivity contribution is 0.225. The predicted molar refractivity (Wildman–Crippen MR) is 84.6 cm³/mol. The average molecular weight is 332 g/mol. The van der Waals surface area contributed by atoms with E-state index in [-0.39, 0.29) is 5.41 Å². The van der Waals surface area contributed by atoms with Crippen LogP contribution >= 0.6 is 15.9 Å². The van der Waals surface area contributed by atoms with Crippen LogP contribution in [0.4, 0.5) is 0 Å². The molecule has 1 aromatic carbocycles. The zero-order valence-corrected chi connectivity index (χ0v) is 13.2. The second kappa shape index (κ2) is 5.62. The molecule has 4 heteroatoms. The molecule has 0 unspecified atom stereocenters. The molecule has 20 heavy (non-hydrogen) atoms. The van der Waals surface area contributed by atoms with E-state index in [1.807, 2.05) is 31.4 Å². The summed E-state index contributed by atoms with van der Waals surface area (Å²) in [6, 6.07) is 10.2. The normalized spacial score (nSPS) is 16.7. The third-order valence-electron chi connectivity index (χ3n) is 4.08. The molecule has 1 aromatic heterocycles. The van der Waals surface area contributed by atoms with E-state index in [9.17, 15) is 0 Å². The fraction of sp³-hybridized carbons (Fsp3) is 0.375. The quantitative estimate of drug-likeness (QED) is 0.930. The van der Waals surface area contributed by atoms with E-state index in [1.54, 1.807) is 0 Å². The Hall–Kier alpha value is -1.26. The van der Waals surface area contributed by atoms with Crippen LogP contribution in [0.2, 0.25) is 0 Å². The highest BCUT2D eigenvalue weighted by Gasteiger charge is 2.40. The van der Waals surface area contributed by atoms with Crippen LogP contribution in [0.3, 0.4) is 0 Å². The lowest BCUT2D eigenvalue weighted by Gasteiger charge is -2.40. The lowest BCUT2D eigenvalue weighted by Crippen LogP contribution is -2.44. The van der Waals surface area contributed by atoms with Gasteiger partial charge in [0.1, 0.15) is 5.82 Å². The fourth-order valence-corrected chi connectivity index (χ4v) is 3.24. The summed E-state index contributed by atoms with van der Waals surface area (Å²) >= 11 is 3.51. The van der Waals surface area contributed by atoms with Crippen molar-refractivity contribution in [2.24, 2.45) is 0 Å². The van der Waals surface area contributed by atoms with Gasteiger partial charge in [-0.15, -0.1) is 0 Å². The second-order valence-electron chi connectivity index (χ2n) is 5.44. The van der Waals surface area contributed by atoms with Crippen LogP contribution in [-0.4, -0.2) is 23.6 Å². The molecule has 0 aliphatic heterocycles. The molecule has 3 nitrogen and oxygen atoms in total. The van der Waals surface area contributed by atoms with Crippen LogP contribution < -0.4 is 5.32 Å². The van der Waals surface area contributed by atoms with Crippen molar-refractivity contribution in [3.8, 4) is 11.3 Å². The molecule has 1 saturated carbocycles. The van der Waals surface area contributed by atoms with Gasteiger partial charge in [0.25, 0.3) is 0 Å². The number of nitrogens with zero attached hydrogens (tertiary/aromatic N) is 2. The average Bonchev–Trinajstić information content (AvgIpc) is 2.43. The summed E-state index contributed by atoms with van der Waals surface area (Å²) in [5.41, 5.74) is 2.26. The maximum absolute atomic E-state index is 4.82. The Morgan fingerprint density at radius 3 is 2.80 bits per heavy atom. The highest BCUT2D eigenvalue weighted by Crippen LogP contribution is 2.41. The molecule has 1 fully saturated rings. The van der Waals surface area contributed by atoms with Gasteiger partial charge < -0.3 is 5.32 Å². The Morgan fingerprint density at radius 1 is 1.30 bits per heavy atom. The summed E-state index contributed by atoms with van der Waals surface area (Å²) in [5, 5.41) is 3.29. The molecule has 1 N–H and O–H groups in total. The first-order chi connectivity index (χ1) is 9.73. The van der Waals surface area contributed by atoms with Crippen molar-refractivity contribution in [3.05, 3.63) is 46.8 Å². The maximum atomic E-state index is 4.82. The van der Waals surface area contributed by atoms with Crippen LogP contribution in [0, 0.1) is 0 Å². The number of likely N-dealkylation sites (N-methyl/N-ethyl adjacent to an activating group) is 1. The van der Waals surface area contributed by atoms with E-state index in [2.05, 4.69) is 38.4 Å². The van der Waals surface area contributed by atoms with Gasteiger partial charge in [0.2, 0.25) is 0 Å². The van der Waals surface area contributed by atoms with Crippen molar-refractivity contribution in [1.82, 2.24) is 15.3 Å². The number of hydrogen-bond donors (Lipinski definition) is 1. The standard InChI is InChI=1S/C16H18BrN3/c1-18-11-16(7-3-8-16)15-19-9-6-14(20-15)12-4-2-5-13(17)10-12/h2,4-6,9-10,18H,3,7-8,11H2,1H3. The number of benzene rings is 1. The van der Waals surface area contributed by atoms with Gasteiger partial charge in [0.05, 0.1) is 5.69 Å². The minimum absolute atomic E-state index is 0.136. The summed E-state index contributed by atoms with van der Waals surface area (Å²) < 4.78 is 1.07. The number of rotatable bonds is 4. The Balaban J connectivity index is 1.97. The van der Waals surface area contributed by atoms with Crippen molar-refractivity contribution >= 4 is 15.9 Å². The molecule has 0 saturated heterocycles. The molecule has 0 atom stereocenters. The van der Waals surface area contributed by atoms with E-state index < -0.39 is 0 Å². The Kier molecular flexibility index (Phi) is 3.85. The van der Waals surface area contributed by atoms with Gasteiger partial charge in [0, 0.05) is 28.2 Å². The Labute approximate surface area is 128 Å². The fourth-order valence-electron chi connectivity index (χ4n) is 2.84. The van der Waals surface area contributed by atoms with E-state index in [4.69, 9.17) is 4.98 Å². The zero-order chi connectivity index (χ0) is 14.0. The summed E-state index contributed by atoms with van der Waals surface area (Å²) in [6.45, 7) is 0.953. The number of aromatic nitrogens is 2. The van der Waals surface area contributed by atoms with Crippen molar-refractivity contribution in [3.63, 3.8) is 0 Å². The van der Waals surface area contributed by atoms with Crippen LogP contribution in [0.5, 0.6) is 0 Å². The third-order valence-corrected chi connectivity index (χ3v) is 4.57. The van der Waals surface area contributed by atoms with Crippen LogP contribution in [-0.2, 0) is 5.41 Å². The highest BCUT2D eigenvalue weighted by atomic mass is 79.9. The van der Waals surface area contributed by atoms with E-state index in [0.717, 1.165) is 28.1 Å². The third kappa shape index (κ3) is 2.50. The first-order valence-corrected chi connectivity index (χ1v) is 7.77. The molecule has 2 aromatic rings. The molecule has 0 bridgehead atoms. The molecular weight excluding hydrogens is 314 g/mol.